The molecule has 1 aromatic heterocycles. The van der Waals surface area contributed by atoms with Gasteiger partial charge in [-0.3, -0.25) is 9.69 Å². The highest BCUT2D eigenvalue weighted by Crippen LogP contribution is 2.20. The molecule has 1 atom stereocenters. The van der Waals surface area contributed by atoms with Crippen molar-refractivity contribution in [1.29, 1.82) is 0 Å². The lowest BCUT2D eigenvalue weighted by molar-refractivity contribution is -0.123. The molecule has 2 N–H and O–H groups in total. The number of benzene rings is 1. The average Bonchev–Trinajstić information content (AvgIpc) is 2.76. The van der Waals surface area contributed by atoms with E-state index in [9.17, 15) is 4.79 Å². The van der Waals surface area contributed by atoms with Crippen LogP contribution in [0.1, 0.15) is 12.1 Å². The van der Waals surface area contributed by atoms with E-state index in [1.807, 2.05) is 0 Å². The molecule has 2 heterocycles. The standard InChI is InChI=1S/C16H21N3O2/c1-18-13(8-12-4-2-3-5-15(12)18)10-19-6-7-21-14(11-19)9-16(17)20/h2-5,8,14H,6-7,9-11H2,1H3,(H2,17,20). The summed E-state index contributed by atoms with van der Waals surface area (Å²) in [5, 5.41) is 1.26. The molecule has 0 spiro atoms. The smallest absolute Gasteiger partial charge is 0.220 e. The van der Waals surface area contributed by atoms with Crippen molar-refractivity contribution in [3.05, 3.63) is 36.0 Å². The third kappa shape index (κ3) is 3.09. The number of amides is 1. The van der Waals surface area contributed by atoms with Gasteiger partial charge in [0.25, 0.3) is 0 Å². The summed E-state index contributed by atoms with van der Waals surface area (Å²) in [5.74, 6) is -0.300. The Bertz CT molecular complexity index is 650. The summed E-state index contributed by atoms with van der Waals surface area (Å²) in [6, 6.07) is 10.6. The molecule has 1 unspecified atom stereocenters. The first kappa shape index (κ1) is 14.1. The van der Waals surface area contributed by atoms with Crippen molar-refractivity contribution in [2.24, 2.45) is 12.8 Å². The van der Waals surface area contributed by atoms with Crippen LogP contribution in [0, 0.1) is 0 Å². The molecule has 1 saturated heterocycles. The lowest BCUT2D eigenvalue weighted by Gasteiger charge is -2.32. The first-order chi connectivity index (χ1) is 10.1. The zero-order valence-corrected chi connectivity index (χ0v) is 12.3. The van der Waals surface area contributed by atoms with Crippen molar-refractivity contribution in [1.82, 2.24) is 9.47 Å². The Morgan fingerprint density at radius 1 is 1.43 bits per heavy atom. The van der Waals surface area contributed by atoms with Gasteiger partial charge in [0.05, 0.1) is 19.1 Å². The number of morpholine rings is 1. The second-order valence-corrected chi connectivity index (χ2v) is 5.65. The molecule has 1 aliphatic heterocycles. The van der Waals surface area contributed by atoms with E-state index in [1.54, 1.807) is 0 Å². The number of hydrogen-bond acceptors (Lipinski definition) is 3. The van der Waals surface area contributed by atoms with E-state index in [0.29, 0.717) is 13.0 Å². The van der Waals surface area contributed by atoms with Crippen LogP contribution >= 0.6 is 0 Å². The van der Waals surface area contributed by atoms with Crippen molar-refractivity contribution in [2.75, 3.05) is 19.7 Å². The highest BCUT2D eigenvalue weighted by atomic mass is 16.5. The molecule has 0 bridgehead atoms. The van der Waals surface area contributed by atoms with E-state index in [4.69, 9.17) is 10.5 Å². The minimum Gasteiger partial charge on any atom is -0.375 e. The van der Waals surface area contributed by atoms with Crippen LogP contribution in [0.2, 0.25) is 0 Å². The number of hydrogen-bond donors (Lipinski definition) is 1. The van der Waals surface area contributed by atoms with Crippen LogP contribution in [-0.2, 0) is 23.1 Å². The zero-order chi connectivity index (χ0) is 14.8. The normalized spacial score (nSPS) is 20.0. The highest BCUT2D eigenvalue weighted by Gasteiger charge is 2.22. The fourth-order valence-electron chi connectivity index (χ4n) is 3.00. The van der Waals surface area contributed by atoms with E-state index in [2.05, 4.69) is 46.8 Å². The molecule has 112 valence electrons. The summed E-state index contributed by atoms with van der Waals surface area (Å²) in [7, 11) is 2.10. The fraction of sp³-hybridized carbons (Fsp3) is 0.438. The van der Waals surface area contributed by atoms with Crippen LogP contribution in [0.25, 0.3) is 10.9 Å². The van der Waals surface area contributed by atoms with E-state index in [1.165, 1.54) is 16.6 Å². The van der Waals surface area contributed by atoms with Gasteiger partial charge in [0.1, 0.15) is 0 Å². The van der Waals surface area contributed by atoms with Crippen molar-refractivity contribution >= 4 is 16.8 Å². The minimum atomic E-state index is -0.300. The van der Waals surface area contributed by atoms with Crippen LogP contribution in [0.15, 0.2) is 30.3 Å². The molecule has 2 aromatic rings. The summed E-state index contributed by atoms with van der Waals surface area (Å²) in [6.45, 7) is 3.16. The number of aromatic nitrogens is 1. The highest BCUT2D eigenvalue weighted by molar-refractivity contribution is 5.81. The maximum atomic E-state index is 11.0. The first-order valence-corrected chi connectivity index (χ1v) is 7.29. The quantitative estimate of drug-likeness (QED) is 0.921. The molecular formula is C16H21N3O2. The van der Waals surface area contributed by atoms with Gasteiger partial charge in [0, 0.05) is 37.9 Å². The number of para-hydroxylation sites is 1. The Balaban J connectivity index is 1.72. The van der Waals surface area contributed by atoms with Crippen LogP contribution in [-0.4, -0.2) is 41.2 Å². The molecule has 1 aromatic carbocycles. The predicted octanol–water partition coefficient (Wildman–Crippen LogP) is 1.25. The second-order valence-electron chi connectivity index (χ2n) is 5.65. The summed E-state index contributed by atoms with van der Waals surface area (Å²) in [5.41, 5.74) is 7.77. The van der Waals surface area contributed by atoms with Gasteiger partial charge in [-0.05, 0) is 17.5 Å². The number of nitrogens with two attached hydrogens (primary N) is 1. The van der Waals surface area contributed by atoms with Crippen LogP contribution in [0.3, 0.4) is 0 Å². The Hall–Kier alpha value is -1.85. The lowest BCUT2D eigenvalue weighted by atomic mass is 10.2. The van der Waals surface area contributed by atoms with Crippen LogP contribution < -0.4 is 5.73 Å². The molecule has 0 saturated carbocycles. The molecule has 0 radical (unpaired) electrons. The van der Waals surface area contributed by atoms with Gasteiger partial charge < -0.3 is 15.0 Å². The van der Waals surface area contributed by atoms with Crippen molar-refractivity contribution in [3.8, 4) is 0 Å². The molecule has 1 fully saturated rings. The molecule has 5 heteroatoms. The monoisotopic (exact) mass is 287 g/mol. The molecule has 3 rings (SSSR count). The first-order valence-electron chi connectivity index (χ1n) is 7.29. The van der Waals surface area contributed by atoms with E-state index >= 15 is 0 Å². The third-order valence-corrected chi connectivity index (χ3v) is 4.09. The largest absolute Gasteiger partial charge is 0.375 e. The van der Waals surface area contributed by atoms with Gasteiger partial charge in [-0.15, -0.1) is 0 Å². The van der Waals surface area contributed by atoms with Gasteiger partial charge in [-0.2, -0.15) is 0 Å². The Morgan fingerprint density at radius 2 is 2.24 bits per heavy atom. The molecular weight excluding hydrogens is 266 g/mol. The number of carbonyl (C=O) groups is 1. The maximum Gasteiger partial charge on any atom is 0.220 e. The predicted molar refractivity (Wildman–Crippen MR) is 81.7 cm³/mol. The van der Waals surface area contributed by atoms with Crippen molar-refractivity contribution in [2.45, 2.75) is 19.1 Å². The summed E-state index contributed by atoms with van der Waals surface area (Å²) >= 11 is 0. The molecule has 1 aliphatic rings. The number of ether oxygens (including phenoxy) is 1. The summed E-state index contributed by atoms with van der Waals surface area (Å²) in [6.07, 6.45) is 0.219. The van der Waals surface area contributed by atoms with Crippen molar-refractivity contribution < 1.29 is 9.53 Å². The Labute approximate surface area is 124 Å². The molecule has 21 heavy (non-hydrogen) atoms. The van der Waals surface area contributed by atoms with Crippen LogP contribution in [0.5, 0.6) is 0 Å². The van der Waals surface area contributed by atoms with Gasteiger partial charge in [-0.1, -0.05) is 18.2 Å². The number of aryl methyl sites for hydroxylation is 1. The van der Waals surface area contributed by atoms with E-state index in [0.717, 1.165) is 19.6 Å². The molecule has 5 nitrogen and oxygen atoms in total. The molecule has 1 amide bonds. The van der Waals surface area contributed by atoms with Gasteiger partial charge in [0.15, 0.2) is 0 Å². The summed E-state index contributed by atoms with van der Waals surface area (Å²) < 4.78 is 7.83. The topological polar surface area (TPSA) is 60.5 Å². The maximum absolute atomic E-state index is 11.0. The van der Waals surface area contributed by atoms with Crippen LogP contribution in [0.4, 0.5) is 0 Å². The van der Waals surface area contributed by atoms with Gasteiger partial charge in [-0.25, -0.2) is 0 Å². The van der Waals surface area contributed by atoms with Gasteiger partial charge >= 0.3 is 0 Å². The Morgan fingerprint density at radius 3 is 3.00 bits per heavy atom. The van der Waals surface area contributed by atoms with E-state index < -0.39 is 0 Å². The lowest BCUT2D eigenvalue weighted by Crippen LogP contribution is -2.43. The second kappa shape index (κ2) is 5.87. The minimum absolute atomic E-state index is 0.0778. The number of primary amides is 1. The number of rotatable bonds is 4. The number of fused-ring (bicyclic) bond motifs is 1. The number of nitrogens with zero attached hydrogens (tertiary/aromatic N) is 2. The molecule has 0 aliphatic carbocycles. The fourth-order valence-corrected chi connectivity index (χ4v) is 3.00. The number of carbonyl (C=O) groups excluding carboxylic acids is 1. The third-order valence-electron chi connectivity index (χ3n) is 4.09. The van der Waals surface area contributed by atoms with E-state index in [-0.39, 0.29) is 12.0 Å². The SMILES string of the molecule is Cn1c(CN2CCOC(CC(N)=O)C2)cc2ccccc21. The zero-order valence-electron chi connectivity index (χ0n) is 12.3. The van der Waals surface area contributed by atoms with Crippen molar-refractivity contribution in [3.63, 3.8) is 0 Å². The van der Waals surface area contributed by atoms with Gasteiger partial charge in [0.2, 0.25) is 5.91 Å². The Kier molecular flexibility index (Phi) is 3.94. The average molecular weight is 287 g/mol. The summed E-state index contributed by atoms with van der Waals surface area (Å²) in [4.78, 5) is 13.3.